The highest BCUT2D eigenvalue weighted by Crippen LogP contribution is 2.23. The minimum atomic E-state index is -1.04. The van der Waals surface area contributed by atoms with Crippen LogP contribution in [0, 0.1) is 0 Å². The predicted molar refractivity (Wildman–Crippen MR) is 69.8 cm³/mol. The first kappa shape index (κ1) is 14.0. The number of carbonyl (C=O) groups excluding carboxylic acids is 1. The maximum Gasteiger partial charge on any atom is 0.323 e. The highest BCUT2D eigenvalue weighted by molar-refractivity contribution is 5.91. The molecule has 0 aliphatic rings. The molecule has 0 heterocycles. The van der Waals surface area contributed by atoms with E-state index in [1.165, 1.54) is 7.05 Å². The third-order valence-electron chi connectivity index (χ3n) is 2.54. The first-order valence-corrected chi connectivity index (χ1v) is 5.74. The number of amides is 2. The number of carboxylic acids is 1. The van der Waals surface area contributed by atoms with Gasteiger partial charge in [0.1, 0.15) is 6.54 Å². The van der Waals surface area contributed by atoms with Crippen LogP contribution in [0.5, 0.6) is 0 Å². The van der Waals surface area contributed by atoms with E-state index in [2.05, 4.69) is 5.32 Å². The summed E-state index contributed by atoms with van der Waals surface area (Å²) in [4.78, 5) is 23.4. The molecule has 1 aromatic carbocycles. The molecule has 1 aromatic rings. The zero-order chi connectivity index (χ0) is 13.7. The van der Waals surface area contributed by atoms with Crippen LogP contribution < -0.4 is 5.32 Å². The second kappa shape index (κ2) is 6.05. The molecule has 0 fully saturated rings. The molecular formula is C13H18N2O3. The van der Waals surface area contributed by atoms with E-state index >= 15 is 0 Å². The van der Waals surface area contributed by atoms with Crippen molar-refractivity contribution in [1.82, 2.24) is 4.90 Å². The van der Waals surface area contributed by atoms with E-state index in [1.807, 2.05) is 38.1 Å². The SMILES string of the molecule is CC(C)c1ccccc1NC(=O)N(C)CC(=O)O. The molecule has 0 aromatic heterocycles. The van der Waals surface area contributed by atoms with Crippen molar-refractivity contribution in [3.8, 4) is 0 Å². The number of carboxylic acid groups (broad SMARTS) is 1. The van der Waals surface area contributed by atoms with Crippen molar-refractivity contribution in [3.05, 3.63) is 29.8 Å². The van der Waals surface area contributed by atoms with Crippen LogP contribution in [0.3, 0.4) is 0 Å². The maximum atomic E-state index is 11.8. The topological polar surface area (TPSA) is 69.6 Å². The number of anilines is 1. The van der Waals surface area contributed by atoms with Crippen LogP contribution in [0.1, 0.15) is 25.3 Å². The van der Waals surface area contributed by atoms with Gasteiger partial charge in [0, 0.05) is 12.7 Å². The van der Waals surface area contributed by atoms with Crippen LogP contribution in [-0.2, 0) is 4.79 Å². The van der Waals surface area contributed by atoms with Gasteiger partial charge in [-0.15, -0.1) is 0 Å². The van der Waals surface area contributed by atoms with Gasteiger partial charge in [0.25, 0.3) is 0 Å². The number of hydrogen-bond donors (Lipinski definition) is 2. The van der Waals surface area contributed by atoms with Crippen molar-refractivity contribution >= 4 is 17.7 Å². The summed E-state index contributed by atoms with van der Waals surface area (Å²) in [6.07, 6.45) is 0. The number of rotatable bonds is 4. The number of hydrogen-bond acceptors (Lipinski definition) is 2. The molecule has 5 heteroatoms. The standard InChI is InChI=1S/C13H18N2O3/c1-9(2)10-6-4-5-7-11(10)14-13(18)15(3)8-12(16)17/h4-7,9H,8H2,1-3H3,(H,14,18)(H,16,17). The minimum Gasteiger partial charge on any atom is -0.480 e. The van der Waals surface area contributed by atoms with Crippen LogP contribution in [0.2, 0.25) is 0 Å². The quantitative estimate of drug-likeness (QED) is 0.861. The van der Waals surface area contributed by atoms with Crippen LogP contribution >= 0.6 is 0 Å². The molecule has 0 saturated heterocycles. The summed E-state index contributed by atoms with van der Waals surface area (Å²) < 4.78 is 0. The zero-order valence-electron chi connectivity index (χ0n) is 10.8. The van der Waals surface area contributed by atoms with Gasteiger partial charge < -0.3 is 15.3 Å². The number of para-hydroxylation sites is 1. The third-order valence-corrected chi connectivity index (χ3v) is 2.54. The Morgan fingerprint density at radius 2 is 1.94 bits per heavy atom. The van der Waals surface area contributed by atoms with Gasteiger partial charge in [0.15, 0.2) is 0 Å². The smallest absolute Gasteiger partial charge is 0.323 e. The van der Waals surface area contributed by atoms with E-state index < -0.39 is 12.0 Å². The zero-order valence-corrected chi connectivity index (χ0v) is 10.8. The van der Waals surface area contributed by atoms with Crippen molar-refractivity contribution in [2.45, 2.75) is 19.8 Å². The van der Waals surface area contributed by atoms with E-state index in [-0.39, 0.29) is 12.5 Å². The molecule has 0 radical (unpaired) electrons. The van der Waals surface area contributed by atoms with Crippen LogP contribution in [0.4, 0.5) is 10.5 Å². The highest BCUT2D eigenvalue weighted by atomic mass is 16.4. The first-order chi connectivity index (χ1) is 8.41. The molecule has 0 aliphatic carbocycles. The molecule has 0 aliphatic heterocycles. The predicted octanol–water partition coefficient (Wildman–Crippen LogP) is 2.36. The van der Waals surface area contributed by atoms with E-state index in [9.17, 15) is 9.59 Å². The lowest BCUT2D eigenvalue weighted by Gasteiger charge is -2.18. The third kappa shape index (κ3) is 3.76. The second-order valence-corrected chi connectivity index (χ2v) is 4.42. The Morgan fingerprint density at radius 3 is 2.50 bits per heavy atom. The molecule has 0 spiro atoms. The Bertz CT molecular complexity index is 444. The Hall–Kier alpha value is -2.04. The van der Waals surface area contributed by atoms with Crippen LogP contribution in [0.15, 0.2) is 24.3 Å². The molecule has 2 N–H and O–H groups in total. The normalized spacial score (nSPS) is 10.2. The molecule has 2 amide bonds. The molecule has 0 unspecified atom stereocenters. The number of nitrogens with zero attached hydrogens (tertiary/aromatic N) is 1. The summed E-state index contributed by atoms with van der Waals surface area (Å²) in [6.45, 7) is 3.74. The molecule has 1 rings (SSSR count). The lowest BCUT2D eigenvalue weighted by atomic mass is 10.0. The van der Waals surface area contributed by atoms with E-state index in [4.69, 9.17) is 5.11 Å². The van der Waals surface area contributed by atoms with E-state index in [0.717, 1.165) is 16.2 Å². The number of benzene rings is 1. The lowest BCUT2D eigenvalue weighted by molar-refractivity contribution is -0.137. The number of aliphatic carboxylic acids is 1. The fourth-order valence-corrected chi connectivity index (χ4v) is 1.60. The van der Waals surface area contributed by atoms with E-state index in [1.54, 1.807) is 0 Å². The summed E-state index contributed by atoms with van der Waals surface area (Å²) in [6, 6.07) is 7.06. The first-order valence-electron chi connectivity index (χ1n) is 5.74. The van der Waals surface area contributed by atoms with Crippen molar-refractivity contribution in [2.75, 3.05) is 18.9 Å². The minimum absolute atomic E-state index is 0.284. The number of carbonyl (C=O) groups is 2. The Kier molecular flexibility index (Phi) is 4.71. The molecule has 0 saturated carbocycles. The van der Waals surface area contributed by atoms with Gasteiger partial charge in [-0.25, -0.2) is 4.79 Å². The Morgan fingerprint density at radius 1 is 1.33 bits per heavy atom. The summed E-state index contributed by atoms with van der Waals surface area (Å²) in [5.74, 6) is -0.754. The van der Waals surface area contributed by atoms with Crippen molar-refractivity contribution in [3.63, 3.8) is 0 Å². The van der Waals surface area contributed by atoms with Gasteiger partial charge in [0.05, 0.1) is 0 Å². The largest absolute Gasteiger partial charge is 0.480 e. The van der Waals surface area contributed by atoms with Gasteiger partial charge in [-0.3, -0.25) is 4.79 Å². The average molecular weight is 250 g/mol. The monoisotopic (exact) mass is 250 g/mol. The van der Waals surface area contributed by atoms with Gasteiger partial charge in [-0.1, -0.05) is 32.0 Å². The van der Waals surface area contributed by atoms with Gasteiger partial charge >= 0.3 is 12.0 Å². The van der Waals surface area contributed by atoms with Gasteiger partial charge in [-0.05, 0) is 17.5 Å². The van der Waals surface area contributed by atoms with E-state index in [0.29, 0.717) is 0 Å². The summed E-state index contributed by atoms with van der Waals surface area (Å²) in [5, 5.41) is 11.3. The summed E-state index contributed by atoms with van der Waals surface area (Å²) in [7, 11) is 1.45. The molecule has 0 atom stereocenters. The van der Waals surface area contributed by atoms with Crippen molar-refractivity contribution in [2.24, 2.45) is 0 Å². The second-order valence-electron chi connectivity index (χ2n) is 4.42. The molecule has 18 heavy (non-hydrogen) atoms. The molecule has 5 nitrogen and oxygen atoms in total. The number of likely N-dealkylation sites (N-methyl/N-ethyl adjacent to an activating group) is 1. The number of urea groups is 1. The number of nitrogens with one attached hydrogen (secondary N) is 1. The maximum absolute atomic E-state index is 11.8. The van der Waals surface area contributed by atoms with Gasteiger partial charge in [0.2, 0.25) is 0 Å². The summed E-state index contributed by atoms with van der Waals surface area (Å²) in [5.41, 5.74) is 1.74. The fourth-order valence-electron chi connectivity index (χ4n) is 1.60. The molecule has 98 valence electrons. The van der Waals surface area contributed by atoms with Crippen LogP contribution in [0.25, 0.3) is 0 Å². The summed E-state index contributed by atoms with van der Waals surface area (Å²) >= 11 is 0. The lowest BCUT2D eigenvalue weighted by Crippen LogP contribution is -2.35. The Labute approximate surface area is 106 Å². The van der Waals surface area contributed by atoms with Crippen LogP contribution in [-0.4, -0.2) is 35.6 Å². The Balaban J connectivity index is 2.78. The fraction of sp³-hybridized carbons (Fsp3) is 0.385. The van der Waals surface area contributed by atoms with Crippen molar-refractivity contribution in [1.29, 1.82) is 0 Å². The molecular weight excluding hydrogens is 232 g/mol. The highest BCUT2D eigenvalue weighted by Gasteiger charge is 2.14. The van der Waals surface area contributed by atoms with Gasteiger partial charge in [-0.2, -0.15) is 0 Å². The molecule has 0 bridgehead atoms. The van der Waals surface area contributed by atoms with Crippen molar-refractivity contribution < 1.29 is 14.7 Å². The average Bonchev–Trinajstić information content (AvgIpc) is 2.28.